The van der Waals surface area contributed by atoms with Crippen molar-refractivity contribution in [1.82, 2.24) is 9.97 Å². The second-order valence-electron chi connectivity index (χ2n) is 5.40. The molecule has 2 aliphatic rings. The third-order valence-corrected chi connectivity index (χ3v) is 4.43. The molecule has 0 saturated heterocycles. The van der Waals surface area contributed by atoms with E-state index in [1.807, 2.05) is 6.08 Å². The van der Waals surface area contributed by atoms with E-state index in [0.717, 1.165) is 5.57 Å². The van der Waals surface area contributed by atoms with Crippen molar-refractivity contribution < 1.29 is 14.9 Å². The van der Waals surface area contributed by atoms with Crippen LogP contribution in [0.1, 0.15) is 17.7 Å². The van der Waals surface area contributed by atoms with Gasteiger partial charge in [0.25, 0.3) is 5.56 Å². The Morgan fingerprint density at radius 1 is 1.55 bits per heavy atom. The van der Waals surface area contributed by atoms with Crippen molar-refractivity contribution in [1.29, 1.82) is 0 Å². The number of methoxy groups -OCH3 is 1. The van der Waals surface area contributed by atoms with E-state index < -0.39 is 6.10 Å². The largest absolute Gasteiger partial charge is 0.396 e. The molecular weight excluding hydrogens is 260 g/mol. The summed E-state index contributed by atoms with van der Waals surface area (Å²) >= 11 is 0. The fourth-order valence-electron chi connectivity index (χ4n) is 3.40. The van der Waals surface area contributed by atoms with Crippen LogP contribution in [0.4, 0.5) is 0 Å². The van der Waals surface area contributed by atoms with Gasteiger partial charge >= 0.3 is 0 Å². The highest BCUT2D eigenvalue weighted by Crippen LogP contribution is 2.43. The summed E-state index contributed by atoms with van der Waals surface area (Å²) in [6.07, 6.45) is 3.51. The normalized spacial score (nSPS) is 32.2. The minimum Gasteiger partial charge on any atom is -0.396 e. The zero-order chi connectivity index (χ0) is 14.3. The monoisotopic (exact) mass is 278 g/mol. The van der Waals surface area contributed by atoms with E-state index in [4.69, 9.17) is 4.74 Å². The van der Waals surface area contributed by atoms with Gasteiger partial charge in [0.15, 0.2) is 0 Å². The minimum atomic E-state index is -0.693. The highest BCUT2D eigenvalue weighted by atomic mass is 16.5. The summed E-state index contributed by atoms with van der Waals surface area (Å²) in [5, 5.41) is 19.5. The summed E-state index contributed by atoms with van der Waals surface area (Å²) in [6.45, 7) is -0.0690. The average molecular weight is 278 g/mol. The maximum absolute atomic E-state index is 11.8. The fourth-order valence-corrected chi connectivity index (χ4v) is 3.40. The molecule has 4 atom stereocenters. The number of aromatic nitrogens is 2. The summed E-state index contributed by atoms with van der Waals surface area (Å²) in [5.74, 6) is -0.236. The van der Waals surface area contributed by atoms with Crippen molar-refractivity contribution in [2.45, 2.75) is 25.0 Å². The highest BCUT2D eigenvalue weighted by Gasteiger charge is 2.45. The Balaban J connectivity index is 1.96. The molecule has 0 bridgehead atoms. The molecule has 2 aliphatic carbocycles. The molecule has 1 heterocycles. The van der Waals surface area contributed by atoms with Gasteiger partial charge in [-0.2, -0.15) is 0 Å². The van der Waals surface area contributed by atoms with Crippen LogP contribution in [-0.2, 0) is 11.2 Å². The van der Waals surface area contributed by atoms with Crippen LogP contribution in [-0.4, -0.2) is 46.1 Å². The van der Waals surface area contributed by atoms with E-state index in [1.54, 1.807) is 7.11 Å². The van der Waals surface area contributed by atoms with Crippen molar-refractivity contribution in [3.63, 3.8) is 0 Å². The van der Waals surface area contributed by atoms with Crippen LogP contribution in [0, 0.1) is 11.8 Å². The van der Waals surface area contributed by atoms with Gasteiger partial charge in [-0.05, 0) is 18.4 Å². The SMILES string of the molecule is CO[C@@H]1[C@H](O)[C@@H](CO)C[C@H]1C1=CCc2c1nc[nH]c2=O. The molecule has 1 saturated carbocycles. The van der Waals surface area contributed by atoms with Crippen LogP contribution in [0.25, 0.3) is 5.57 Å². The van der Waals surface area contributed by atoms with Crippen molar-refractivity contribution >= 4 is 5.57 Å². The fraction of sp³-hybridized carbons (Fsp3) is 0.571. The van der Waals surface area contributed by atoms with Crippen molar-refractivity contribution in [2.75, 3.05) is 13.7 Å². The standard InChI is InChI=1S/C14H18N2O4/c1-20-13-10(4-7(5-17)12(13)18)8-2-3-9-11(8)15-6-16-14(9)19/h2,6-7,10,12-13,17-18H,3-5H2,1H3,(H,15,16,19)/t7-,10+,12-,13+/m1/s1. The predicted molar refractivity (Wildman–Crippen MR) is 72.0 cm³/mol. The molecule has 20 heavy (non-hydrogen) atoms. The summed E-state index contributed by atoms with van der Waals surface area (Å²) in [4.78, 5) is 18.6. The first kappa shape index (κ1) is 13.5. The molecular formula is C14H18N2O4. The Hall–Kier alpha value is -1.50. The summed E-state index contributed by atoms with van der Waals surface area (Å²) < 4.78 is 5.41. The van der Waals surface area contributed by atoms with E-state index in [1.165, 1.54) is 6.33 Å². The van der Waals surface area contributed by atoms with Gasteiger partial charge in [-0.15, -0.1) is 0 Å². The van der Waals surface area contributed by atoms with Gasteiger partial charge in [-0.1, -0.05) is 6.08 Å². The zero-order valence-corrected chi connectivity index (χ0v) is 11.2. The molecule has 6 nitrogen and oxygen atoms in total. The van der Waals surface area contributed by atoms with E-state index >= 15 is 0 Å². The van der Waals surface area contributed by atoms with Crippen molar-refractivity contribution in [3.05, 3.63) is 34.0 Å². The summed E-state index contributed by atoms with van der Waals surface area (Å²) in [7, 11) is 1.56. The predicted octanol–water partition coefficient (Wildman–Crippen LogP) is -0.286. The van der Waals surface area contributed by atoms with Gasteiger partial charge in [0.1, 0.15) is 0 Å². The Labute approximate surface area is 116 Å². The third-order valence-electron chi connectivity index (χ3n) is 4.43. The van der Waals surface area contributed by atoms with Crippen LogP contribution in [0.3, 0.4) is 0 Å². The smallest absolute Gasteiger partial charge is 0.254 e. The maximum Gasteiger partial charge on any atom is 0.254 e. The quantitative estimate of drug-likeness (QED) is 0.706. The molecule has 0 amide bonds. The van der Waals surface area contributed by atoms with Gasteiger partial charge in [0.05, 0.1) is 24.2 Å². The number of nitrogens with one attached hydrogen (secondary N) is 1. The number of rotatable bonds is 3. The van der Waals surface area contributed by atoms with Crippen LogP contribution >= 0.6 is 0 Å². The number of aliphatic hydroxyl groups is 2. The second kappa shape index (κ2) is 5.12. The van der Waals surface area contributed by atoms with Crippen LogP contribution in [0.2, 0.25) is 0 Å². The zero-order valence-electron chi connectivity index (χ0n) is 11.2. The lowest BCUT2D eigenvalue weighted by molar-refractivity contribution is -0.0250. The Morgan fingerprint density at radius 3 is 3.05 bits per heavy atom. The molecule has 6 heteroatoms. The van der Waals surface area contributed by atoms with E-state index in [-0.39, 0.29) is 30.1 Å². The van der Waals surface area contributed by atoms with Gasteiger partial charge in [0.2, 0.25) is 0 Å². The first-order chi connectivity index (χ1) is 9.67. The maximum atomic E-state index is 11.8. The lowest BCUT2D eigenvalue weighted by Crippen LogP contribution is -2.31. The Bertz CT molecular complexity index is 595. The van der Waals surface area contributed by atoms with E-state index in [0.29, 0.717) is 24.1 Å². The number of hydrogen-bond acceptors (Lipinski definition) is 5. The molecule has 0 radical (unpaired) electrons. The molecule has 3 N–H and O–H groups in total. The van der Waals surface area contributed by atoms with Crippen LogP contribution in [0.15, 0.2) is 17.2 Å². The number of H-pyrrole nitrogens is 1. The summed E-state index contributed by atoms with van der Waals surface area (Å²) in [5.41, 5.74) is 2.20. The number of fused-ring (bicyclic) bond motifs is 1. The number of allylic oxidation sites excluding steroid dienone is 1. The average Bonchev–Trinajstić information content (AvgIpc) is 3.00. The van der Waals surface area contributed by atoms with Crippen molar-refractivity contribution in [3.8, 4) is 0 Å². The molecule has 1 fully saturated rings. The van der Waals surface area contributed by atoms with E-state index in [9.17, 15) is 15.0 Å². The number of aliphatic hydroxyl groups excluding tert-OH is 2. The van der Waals surface area contributed by atoms with Gasteiger partial charge in [-0.25, -0.2) is 4.98 Å². The second-order valence-corrected chi connectivity index (χ2v) is 5.40. The Morgan fingerprint density at radius 2 is 2.35 bits per heavy atom. The van der Waals surface area contributed by atoms with Gasteiger partial charge in [-0.3, -0.25) is 4.79 Å². The molecule has 0 aromatic carbocycles. The third kappa shape index (κ3) is 1.91. The summed E-state index contributed by atoms with van der Waals surface area (Å²) in [6, 6.07) is 0. The minimum absolute atomic E-state index is 0.0392. The number of aromatic amines is 1. The van der Waals surface area contributed by atoms with Gasteiger partial charge < -0.3 is 19.9 Å². The molecule has 1 aromatic rings. The number of nitrogens with zero attached hydrogens (tertiary/aromatic N) is 1. The molecule has 0 aliphatic heterocycles. The molecule has 0 spiro atoms. The van der Waals surface area contributed by atoms with Gasteiger partial charge in [0, 0.05) is 31.1 Å². The molecule has 1 aromatic heterocycles. The molecule has 3 rings (SSSR count). The van der Waals surface area contributed by atoms with Crippen LogP contribution in [0.5, 0.6) is 0 Å². The van der Waals surface area contributed by atoms with Crippen LogP contribution < -0.4 is 5.56 Å². The topological polar surface area (TPSA) is 95.4 Å². The Kier molecular flexibility index (Phi) is 3.45. The highest BCUT2D eigenvalue weighted by molar-refractivity contribution is 5.72. The molecule has 108 valence electrons. The number of ether oxygens (including phenoxy) is 1. The first-order valence-corrected chi connectivity index (χ1v) is 6.76. The first-order valence-electron chi connectivity index (χ1n) is 6.76. The lowest BCUT2D eigenvalue weighted by Gasteiger charge is -2.22. The lowest BCUT2D eigenvalue weighted by atomic mass is 9.93. The van der Waals surface area contributed by atoms with E-state index in [2.05, 4.69) is 9.97 Å². The number of hydrogen-bond donors (Lipinski definition) is 3. The molecule has 0 unspecified atom stereocenters. The van der Waals surface area contributed by atoms with Crippen molar-refractivity contribution in [2.24, 2.45) is 11.8 Å².